The molecule has 1 aromatic heterocycles. The molecule has 7 heteroatoms. The number of fused-ring (bicyclic) bond motifs is 1. The Morgan fingerprint density at radius 3 is 2.43 bits per heavy atom. The maximum atomic E-state index is 12.3. The lowest BCUT2D eigenvalue weighted by Gasteiger charge is -2.19. The molecule has 0 spiro atoms. The van der Waals surface area contributed by atoms with Gasteiger partial charge in [0.15, 0.2) is 0 Å². The molecule has 3 rings (SSSR count). The van der Waals surface area contributed by atoms with E-state index in [4.69, 9.17) is 16.3 Å². The van der Waals surface area contributed by atoms with Crippen molar-refractivity contribution in [2.75, 3.05) is 6.54 Å². The predicted octanol–water partition coefficient (Wildman–Crippen LogP) is 1.95. The molecule has 23 heavy (non-hydrogen) atoms. The second-order valence-corrected chi connectivity index (χ2v) is 6.30. The molecule has 1 aromatic rings. The Bertz CT molecular complexity index is 607. The number of rotatable bonds is 4. The molecule has 122 valence electrons. The first kappa shape index (κ1) is 15.9. The molecule has 0 N–H and O–H groups in total. The Balaban J connectivity index is 1.56. The lowest BCUT2D eigenvalue weighted by Crippen LogP contribution is -2.36. The molecule has 1 aliphatic carbocycles. The highest BCUT2D eigenvalue weighted by molar-refractivity contribution is 6.29. The molecule has 0 aromatic carbocycles. The van der Waals surface area contributed by atoms with Gasteiger partial charge in [-0.3, -0.25) is 19.3 Å². The van der Waals surface area contributed by atoms with Crippen LogP contribution in [0.2, 0.25) is 5.15 Å². The molecule has 1 saturated heterocycles. The monoisotopic (exact) mass is 336 g/mol. The van der Waals surface area contributed by atoms with Gasteiger partial charge in [0.25, 0.3) is 0 Å². The van der Waals surface area contributed by atoms with Crippen LogP contribution in [-0.4, -0.2) is 34.2 Å². The van der Waals surface area contributed by atoms with Gasteiger partial charge in [-0.1, -0.05) is 30.5 Å². The van der Waals surface area contributed by atoms with Crippen LogP contribution in [-0.2, 0) is 25.7 Å². The minimum Gasteiger partial charge on any atom is -0.459 e. The van der Waals surface area contributed by atoms with E-state index in [1.807, 2.05) is 0 Å². The summed E-state index contributed by atoms with van der Waals surface area (Å²) in [5, 5.41) is 0.357. The molecule has 6 nitrogen and oxygen atoms in total. The lowest BCUT2D eigenvalue weighted by molar-refractivity contribution is -0.153. The van der Waals surface area contributed by atoms with Crippen LogP contribution in [0, 0.1) is 11.8 Å². The van der Waals surface area contributed by atoms with Crippen LogP contribution >= 0.6 is 11.6 Å². The third kappa shape index (κ3) is 3.37. The summed E-state index contributed by atoms with van der Waals surface area (Å²) in [5.41, 5.74) is 0.690. The van der Waals surface area contributed by atoms with Crippen LogP contribution in [0.3, 0.4) is 0 Å². The number of ether oxygens (including phenoxy) is 1. The van der Waals surface area contributed by atoms with Crippen molar-refractivity contribution < 1.29 is 19.1 Å². The number of likely N-dealkylation sites (tertiary alicyclic amines) is 1. The number of carbonyl (C=O) groups excluding carboxylic acids is 3. The maximum Gasteiger partial charge on any atom is 0.326 e. The van der Waals surface area contributed by atoms with E-state index in [2.05, 4.69) is 4.98 Å². The van der Waals surface area contributed by atoms with E-state index in [0.717, 1.165) is 30.6 Å². The number of amides is 2. The van der Waals surface area contributed by atoms with E-state index >= 15 is 0 Å². The summed E-state index contributed by atoms with van der Waals surface area (Å²) < 4.78 is 5.11. The zero-order valence-corrected chi connectivity index (χ0v) is 13.3. The van der Waals surface area contributed by atoms with Crippen molar-refractivity contribution >= 4 is 29.4 Å². The highest BCUT2D eigenvalue weighted by Crippen LogP contribution is 2.37. The SMILES string of the molecule is O=C(CN1C(=O)[C@@H]2CCCC[C@H]2C1=O)OCc1ccc(Cl)nc1. The third-order valence-electron chi connectivity index (χ3n) is 4.41. The highest BCUT2D eigenvalue weighted by Gasteiger charge is 2.48. The highest BCUT2D eigenvalue weighted by atomic mass is 35.5. The van der Waals surface area contributed by atoms with Crippen molar-refractivity contribution in [1.82, 2.24) is 9.88 Å². The molecule has 0 unspecified atom stereocenters. The topological polar surface area (TPSA) is 76.6 Å². The Labute approximate surface area is 138 Å². The van der Waals surface area contributed by atoms with Gasteiger partial charge in [0.1, 0.15) is 18.3 Å². The predicted molar refractivity (Wildman–Crippen MR) is 81.2 cm³/mol. The number of nitrogens with zero attached hydrogens (tertiary/aromatic N) is 2. The zero-order chi connectivity index (χ0) is 16.4. The number of esters is 1. The van der Waals surface area contributed by atoms with Crippen LogP contribution in [0.25, 0.3) is 0 Å². The summed E-state index contributed by atoms with van der Waals surface area (Å²) in [7, 11) is 0. The van der Waals surface area contributed by atoms with Crippen LogP contribution in [0.5, 0.6) is 0 Å². The van der Waals surface area contributed by atoms with Gasteiger partial charge in [0.05, 0.1) is 11.8 Å². The standard InChI is InChI=1S/C16H17ClN2O4/c17-13-6-5-10(7-18-13)9-23-14(20)8-19-15(21)11-3-1-2-4-12(11)16(19)22/h5-7,11-12H,1-4,8-9H2/t11-,12-/m1/s1. The quantitative estimate of drug-likeness (QED) is 0.477. The minimum atomic E-state index is -0.597. The largest absolute Gasteiger partial charge is 0.459 e. The van der Waals surface area contributed by atoms with Gasteiger partial charge in [-0.05, 0) is 18.9 Å². The smallest absolute Gasteiger partial charge is 0.326 e. The second kappa shape index (κ2) is 6.66. The van der Waals surface area contributed by atoms with Gasteiger partial charge in [-0.15, -0.1) is 0 Å². The molecule has 0 radical (unpaired) electrons. The minimum absolute atomic E-state index is 0.0338. The average molecular weight is 337 g/mol. The van der Waals surface area contributed by atoms with E-state index in [1.54, 1.807) is 12.1 Å². The van der Waals surface area contributed by atoms with Crippen molar-refractivity contribution in [3.63, 3.8) is 0 Å². The number of imide groups is 1. The van der Waals surface area contributed by atoms with E-state index < -0.39 is 5.97 Å². The van der Waals surface area contributed by atoms with Crippen molar-refractivity contribution in [2.45, 2.75) is 32.3 Å². The van der Waals surface area contributed by atoms with Crippen molar-refractivity contribution in [2.24, 2.45) is 11.8 Å². The van der Waals surface area contributed by atoms with Gasteiger partial charge in [-0.25, -0.2) is 4.98 Å². The number of hydrogen-bond donors (Lipinski definition) is 0. The van der Waals surface area contributed by atoms with E-state index in [-0.39, 0.29) is 36.8 Å². The summed E-state index contributed by atoms with van der Waals surface area (Å²) in [5.74, 6) is -1.55. The molecule has 2 heterocycles. The first-order valence-electron chi connectivity index (χ1n) is 7.67. The number of aromatic nitrogens is 1. The van der Waals surface area contributed by atoms with Crippen LogP contribution in [0.4, 0.5) is 0 Å². The maximum absolute atomic E-state index is 12.3. The fourth-order valence-electron chi connectivity index (χ4n) is 3.22. The van der Waals surface area contributed by atoms with Gasteiger partial charge in [-0.2, -0.15) is 0 Å². The molecule has 2 fully saturated rings. The van der Waals surface area contributed by atoms with Gasteiger partial charge in [0.2, 0.25) is 11.8 Å². The Kier molecular flexibility index (Phi) is 4.61. The third-order valence-corrected chi connectivity index (χ3v) is 4.63. The summed E-state index contributed by atoms with van der Waals surface area (Å²) in [6.07, 6.45) is 4.90. The molecule has 1 aliphatic heterocycles. The van der Waals surface area contributed by atoms with E-state index in [9.17, 15) is 14.4 Å². The summed E-state index contributed by atoms with van der Waals surface area (Å²) in [6.45, 7) is -0.280. The normalized spacial score (nSPS) is 23.8. The number of halogens is 1. The fraction of sp³-hybridized carbons (Fsp3) is 0.500. The Morgan fingerprint density at radius 2 is 1.87 bits per heavy atom. The number of hydrogen-bond acceptors (Lipinski definition) is 5. The van der Waals surface area contributed by atoms with Crippen molar-refractivity contribution in [3.8, 4) is 0 Å². The lowest BCUT2D eigenvalue weighted by atomic mass is 9.81. The summed E-state index contributed by atoms with van der Waals surface area (Å²) >= 11 is 5.68. The van der Waals surface area contributed by atoms with Gasteiger partial charge < -0.3 is 4.74 Å². The van der Waals surface area contributed by atoms with Crippen molar-refractivity contribution in [3.05, 3.63) is 29.0 Å². The first-order chi connectivity index (χ1) is 11.1. The van der Waals surface area contributed by atoms with Crippen LogP contribution < -0.4 is 0 Å². The molecular formula is C16H17ClN2O4. The number of pyridine rings is 1. The first-order valence-corrected chi connectivity index (χ1v) is 8.05. The van der Waals surface area contributed by atoms with Gasteiger partial charge >= 0.3 is 5.97 Å². The molecule has 1 saturated carbocycles. The van der Waals surface area contributed by atoms with E-state index in [1.165, 1.54) is 6.20 Å². The number of carbonyl (C=O) groups is 3. The van der Waals surface area contributed by atoms with Crippen molar-refractivity contribution in [1.29, 1.82) is 0 Å². The van der Waals surface area contributed by atoms with Crippen LogP contribution in [0.1, 0.15) is 31.2 Å². The van der Waals surface area contributed by atoms with Gasteiger partial charge in [0, 0.05) is 11.8 Å². The summed E-state index contributed by atoms with van der Waals surface area (Å²) in [4.78, 5) is 41.4. The fourth-order valence-corrected chi connectivity index (χ4v) is 3.33. The van der Waals surface area contributed by atoms with E-state index in [0.29, 0.717) is 10.7 Å². The second-order valence-electron chi connectivity index (χ2n) is 5.91. The molecule has 2 atom stereocenters. The Morgan fingerprint density at radius 1 is 1.22 bits per heavy atom. The van der Waals surface area contributed by atoms with Crippen LogP contribution in [0.15, 0.2) is 18.3 Å². The Hall–Kier alpha value is -1.95. The molecular weight excluding hydrogens is 320 g/mol. The molecule has 2 aliphatic rings. The molecule has 0 bridgehead atoms. The summed E-state index contributed by atoms with van der Waals surface area (Å²) in [6, 6.07) is 3.30. The average Bonchev–Trinajstić information content (AvgIpc) is 2.80. The molecule has 2 amide bonds. The zero-order valence-electron chi connectivity index (χ0n) is 12.5.